The number of anilines is 1. The number of aromatic nitrogens is 2. The Morgan fingerprint density at radius 2 is 1.94 bits per heavy atom. The van der Waals surface area contributed by atoms with E-state index in [1.165, 1.54) is 0 Å². The molecule has 1 aromatic heterocycles. The Labute approximate surface area is 182 Å². The van der Waals surface area contributed by atoms with E-state index in [9.17, 15) is 4.79 Å². The van der Waals surface area contributed by atoms with Gasteiger partial charge in [0, 0.05) is 55.3 Å². The van der Waals surface area contributed by atoms with E-state index < -0.39 is 0 Å². The summed E-state index contributed by atoms with van der Waals surface area (Å²) >= 11 is 0. The quantitative estimate of drug-likeness (QED) is 0.498. The molecule has 0 spiro atoms. The molecule has 0 radical (unpaired) electrons. The number of amides is 1. The lowest BCUT2D eigenvalue weighted by Gasteiger charge is -2.30. The number of nitrogens with zero attached hydrogens (tertiary/aromatic N) is 3. The minimum absolute atomic E-state index is 0.0816. The molecule has 158 valence electrons. The highest BCUT2D eigenvalue weighted by Gasteiger charge is 2.16. The van der Waals surface area contributed by atoms with Gasteiger partial charge in [0.15, 0.2) is 0 Å². The minimum atomic E-state index is -0.0816. The van der Waals surface area contributed by atoms with Crippen LogP contribution in [0, 0.1) is 11.8 Å². The highest BCUT2D eigenvalue weighted by molar-refractivity contribution is 5.95. The normalized spacial score (nSPS) is 13.4. The summed E-state index contributed by atoms with van der Waals surface area (Å²) in [5, 5.41) is 3.01. The van der Waals surface area contributed by atoms with Crippen LogP contribution in [0.4, 0.5) is 5.69 Å². The predicted octanol–water partition coefficient (Wildman–Crippen LogP) is 2.94. The first-order chi connectivity index (χ1) is 15.3. The SMILES string of the molecule is O=C(NCCCn1ccnc1)c1ccc(N2CCOCC2)c(C#Cc2ccccc2)c1. The number of ether oxygens (including phenoxy) is 1. The summed E-state index contributed by atoms with van der Waals surface area (Å²) in [7, 11) is 0. The van der Waals surface area contributed by atoms with Gasteiger partial charge in [-0.1, -0.05) is 30.0 Å². The largest absolute Gasteiger partial charge is 0.378 e. The molecule has 1 N–H and O–H groups in total. The average molecular weight is 415 g/mol. The molecule has 6 heteroatoms. The summed E-state index contributed by atoms with van der Waals surface area (Å²) in [6.07, 6.45) is 6.30. The molecule has 2 aromatic carbocycles. The van der Waals surface area contributed by atoms with Gasteiger partial charge in [-0.15, -0.1) is 0 Å². The molecule has 2 heterocycles. The maximum Gasteiger partial charge on any atom is 0.251 e. The number of morpholine rings is 1. The van der Waals surface area contributed by atoms with Crippen molar-refractivity contribution < 1.29 is 9.53 Å². The number of nitrogens with one attached hydrogen (secondary N) is 1. The Bertz CT molecular complexity index is 1050. The molecule has 0 atom stereocenters. The van der Waals surface area contributed by atoms with Crippen LogP contribution in [-0.4, -0.2) is 48.3 Å². The summed E-state index contributed by atoms with van der Waals surface area (Å²) in [5.41, 5.74) is 3.47. The smallest absolute Gasteiger partial charge is 0.251 e. The van der Waals surface area contributed by atoms with Crippen molar-refractivity contribution in [2.75, 3.05) is 37.7 Å². The fourth-order valence-corrected chi connectivity index (χ4v) is 3.50. The molecule has 1 aliphatic heterocycles. The molecule has 0 saturated carbocycles. The van der Waals surface area contributed by atoms with Crippen molar-refractivity contribution in [2.24, 2.45) is 0 Å². The van der Waals surface area contributed by atoms with E-state index >= 15 is 0 Å². The van der Waals surface area contributed by atoms with Crippen LogP contribution in [0.1, 0.15) is 27.9 Å². The summed E-state index contributed by atoms with van der Waals surface area (Å²) in [4.78, 5) is 19.0. The third-order valence-electron chi connectivity index (χ3n) is 5.16. The Balaban J connectivity index is 1.49. The number of hydrogen-bond acceptors (Lipinski definition) is 4. The lowest BCUT2D eigenvalue weighted by Crippen LogP contribution is -2.36. The number of carbonyl (C=O) groups excluding carboxylic acids is 1. The van der Waals surface area contributed by atoms with Gasteiger partial charge in [-0.3, -0.25) is 4.79 Å². The Morgan fingerprint density at radius 1 is 1.10 bits per heavy atom. The zero-order valence-electron chi connectivity index (χ0n) is 17.5. The van der Waals surface area contributed by atoms with Crippen LogP contribution in [0.5, 0.6) is 0 Å². The van der Waals surface area contributed by atoms with Crippen LogP contribution in [0.15, 0.2) is 67.3 Å². The third kappa shape index (κ3) is 5.74. The maximum atomic E-state index is 12.7. The zero-order valence-corrected chi connectivity index (χ0v) is 17.5. The first kappa shape index (κ1) is 20.7. The molecule has 1 amide bonds. The van der Waals surface area contributed by atoms with Crippen molar-refractivity contribution in [2.45, 2.75) is 13.0 Å². The molecular weight excluding hydrogens is 388 g/mol. The number of imidazole rings is 1. The van der Waals surface area contributed by atoms with Crippen LogP contribution in [0.25, 0.3) is 0 Å². The first-order valence-corrected chi connectivity index (χ1v) is 10.6. The molecule has 1 fully saturated rings. The van der Waals surface area contributed by atoms with Crippen molar-refractivity contribution in [3.63, 3.8) is 0 Å². The summed E-state index contributed by atoms with van der Waals surface area (Å²) in [6, 6.07) is 15.7. The highest BCUT2D eigenvalue weighted by Crippen LogP contribution is 2.23. The van der Waals surface area contributed by atoms with E-state index in [-0.39, 0.29) is 5.91 Å². The number of rotatable bonds is 6. The monoisotopic (exact) mass is 414 g/mol. The molecule has 0 unspecified atom stereocenters. The second kappa shape index (κ2) is 10.5. The van der Waals surface area contributed by atoms with Crippen molar-refractivity contribution in [3.05, 3.63) is 83.9 Å². The lowest BCUT2D eigenvalue weighted by molar-refractivity contribution is 0.0952. The molecule has 4 rings (SSSR count). The predicted molar refractivity (Wildman–Crippen MR) is 121 cm³/mol. The minimum Gasteiger partial charge on any atom is -0.378 e. The molecule has 31 heavy (non-hydrogen) atoms. The van der Waals surface area contributed by atoms with Gasteiger partial charge in [0.05, 0.1) is 25.2 Å². The zero-order chi connectivity index (χ0) is 21.3. The fourth-order valence-electron chi connectivity index (χ4n) is 3.50. The van der Waals surface area contributed by atoms with E-state index in [1.807, 2.05) is 59.3 Å². The average Bonchev–Trinajstić information content (AvgIpc) is 3.35. The van der Waals surface area contributed by atoms with Crippen molar-refractivity contribution in [3.8, 4) is 11.8 Å². The number of benzene rings is 2. The Hall–Kier alpha value is -3.56. The van der Waals surface area contributed by atoms with Gasteiger partial charge in [-0.2, -0.15) is 0 Å². The van der Waals surface area contributed by atoms with Gasteiger partial charge in [0.1, 0.15) is 0 Å². The first-order valence-electron chi connectivity index (χ1n) is 10.6. The molecule has 6 nitrogen and oxygen atoms in total. The van der Waals surface area contributed by atoms with Crippen LogP contribution in [-0.2, 0) is 11.3 Å². The van der Waals surface area contributed by atoms with Crippen molar-refractivity contribution in [1.82, 2.24) is 14.9 Å². The number of hydrogen-bond donors (Lipinski definition) is 1. The maximum absolute atomic E-state index is 12.7. The van der Waals surface area contributed by atoms with E-state index in [0.29, 0.717) is 25.3 Å². The van der Waals surface area contributed by atoms with Gasteiger partial charge in [0.2, 0.25) is 0 Å². The molecule has 1 saturated heterocycles. The fraction of sp³-hybridized carbons (Fsp3) is 0.280. The summed E-state index contributed by atoms with van der Waals surface area (Å²) in [5.74, 6) is 6.43. The summed E-state index contributed by atoms with van der Waals surface area (Å²) < 4.78 is 7.49. The van der Waals surface area contributed by atoms with E-state index in [0.717, 1.165) is 42.9 Å². The molecular formula is C25H26N4O2. The lowest BCUT2D eigenvalue weighted by atomic mass is 10.1. The van der Waals surface area contributed by atoms with Crippen LogP contribution in [0.3, 0.4) is 0 Å². The summed E-state index contributed by atoms with van der Waals surface area (Å²) in [6.45, 7) is 4.46. The molecule has 1 aliphatic rings. The van der Waals surface area contributed by atoms with Crippen molar-refractivity contribution >= 4 is 11.6 Å². The van der Waals surface area contributed by atoms with Gasteiger partial charge >= 0.3 is 0 Å². The van der Waals surface area contributed by atoms with Crippen LogP contribution in [0.2, 0.25) is 0 Å². The van der Waals surface area contributed by atoms with Crippen LogP contribution >= 0.6 is 0 Å². The van der Waals surface area contributed by atoms with E-state index in [1.54, 1.807) is 12.5 Å². The number of carbonyl (C=O) groups is 1. The molecule has 0 aliphatic carbocycles. The van der Waals surface area contributed by atoms with E-state index in [2.05, 4.69) is 27.0 Å². The standard InChI is InChI=1S/C25H26N4O2/c30-25(27-11-4-13-28-14-12-26-20-28)23-9-10-24(29-15-17-31-18-16-29)22(19-23)8-7-21-5-2-1-3-6-21/h1-3,5-6,9-10,12,14,19-20H,4,11,13,15-18H2,(H,27,30). The van der Waals surface area contributed by atoms with Crippen LogP contribution < -0.4 is 10.2 Å². The number of aryl methyl sites for hydroxylation is 1. The van der Waals surface area contributed by atoms with Crippen molar-refractivity contribution in [1.29, 1.82) is 0 Å². The highest BCUT2D eigenvalue weighted by atomic mass is 16.5. The molecule has 0 bridgehead atoms. The topological polar surface area (TPSA) is 59.4 Å². The van der Waals surface area contributed by atoms with Gasteiger partial charge in [-0.25, -0.2) is 4.98 Å². The van der Waals surface area contributed by atoms with E-state index in [4.69, 9.17) is 4.74 Å². The van der Waals surface area contributed by atoms with Gasteiger partial charge in [-0.05, 0) is 36.8 Å². The molecule has 3 aromatic rings. The second-order valence-corrected chi connectivity index (χ2v) is 7.36. The van der Waals surface area contributed by atoms with Gasteiger partial charge in [0.25, 0.3) is 5.91 Å². The third-order valence-corrected chi connectivity index (χ3v) is 5.16. The van der Waals surface area contributed by atoms with Gasteiger partial charge < -0.3 is 19.5 Å². The Morgan fingerprint density at radius 3 is 2.71 bits per heavy atom. The Kier molecular flexibility index (Phi) is 6.99. The second-order valence-electron chi connectivity index (χ2n) is 7.36.